The van der Waals surface area contributed by atoms with Gasteiger partial charge in [0, 0.05) is 11.3 Å². The average molecular weight is 301 g/mol. The molecule has 0 saturated carbocycles. The number of carbonyl (C=O) groups excluding carboxylic acids is 1. The Bertz CT molecular complexity index is 805. The fraction of sp³-hybridized carbons (Fsp3) is 0.286. The molecule has 0 atom stereocenters. The van der Waals surface area contributed by atoms with E-state index < -0.39 is 0 Å². The molecule has 2 heterocycles. The van der Waals surface area contributed by atoms with E-state index in [0.717, 1.165) is 21.5 Å². The number of amides is 1. The number of aryl methyl sites for hydroxylation is 1. The molecule has 0 aliphatic rings. The monoisotopic (exact) mass is 301 g/mol. The molecule has 0 aliphatic carbocycles. The van der Waals surface area contributed by atoms with Crippen LogP contribution < -0.4 is 5.32 Å². The van der Waals surface area contributed by atoms with E-state index in [4.69, 9.17) is 0 Å². The topological polar surface area (TPSA) is 83.6 Å². The van der Waals surface area contributed by atoms with Gasteiger partial charge in [0.1, 0.15) is 5.01 Å². The van der Waals surface area contributed by atoms with Crippen LogP contribution in [-0.2, 0) is 0 Å². The number of hydrogen-bond donors (Lipinski definition) is 2. The zero-order chi connectivity index (χ0) is 15.0. The van der Waals surface area contributed by atoms with Crippen LogP contribution in [0, 0.1) is 6.92 Å². The van der Waals surface area contributed by atoms with E-state index in [2.05, 4.69) is 25.7 Å². The van der Waals surface area contributed by atoms with Crippen LogP contribution in [0.3, 0.4) is 0 Å². The summed E-state index contributed by atoms with van der Waals surface area (Å²) >= 11 is 1.38. The van der Waals surface area contributed by atoms with E-state index >= 15 is 0 Å². The van der Waals surface area contributed by atoms with E-state index in [-0.39, 0.29) is 5.91 Å². The Hall–Kier alpha value is -2.28. The maximum atomic E-state index is 12.3. The van der Waals surface area contributed by atoms with E-state index in [9.17, 15) is 4.79 Å². The second-order valence-corrected chi connectivity index (χ2v) is 6.18. The van der Waals surface area contributed by atoms with Crippen molar-refractivity contribution >= 4 is 33.3 Å². The Kier molecular flexibility index (Phi) is 3.42. The molecular weight excluding hydrogens is 286 g/mol. The molecule has 0 fully saturated rings. The summed E-state index contributed by atoms with van der Waals surface area (Å²) in [5.74, 6) is 0.0142. The second-order valence-electron chi connectivity index (χ2n) is 5.18. The SMILES string of the molecule is Cc1ccc2[nH]nc(C(=O)Nc3nnc(C(C)C)s3)c2c1. The van der Waals surface area contributed by atoms with Gasteiger partial charge in [0.05, 0.1) is 5.52 Å². The molecule has 3 rings (SSSR count). The Balaban J connectivity index is 1.88. The molecule has 0 aliphatic heterocycles. The smallest absolute Gasteiger partial charge is 0.278 e. The molecule has 3 aromatic rings. The van der Waals surface area contributed by atoms with Gasteiger partial charge in [-0.15, -0.1) is 10.2 Å². The van der Waals surface area contributed by atoms with Crippen molar-refractivity contribution in [1.29, 1.82) is 0 Å². The third-order valence-corrected chi connectivity index (χ3v) is 4.23. The summed E-state index contributed by atoms with van der Waals surface area (Å²) in [7, 11) is 0. The molecule has 0 saturated heterocycles. The first-order chi connectivity index (χ1) is 10.0. The number of nitrogens with zero attached hydrogens (tertiary/aromatic N) is 3. The number of hydrogen-bond acceptors (Lipinski definition) is 5. The fourth-order valence-electron chi connectivity index (χ4n) is 1.98. The summed E-state index contributed by atoms with van der Waals surface area (Å²) in [5.41, 5.74) is 2.29. The molecule has 21 heavy (non-hydrogen) atoms. The number of benzene rings is 1. The van der Waals surface area contributed by atoms with Crippen LogP contribution in [0.15, 0.2) is 18.2 Å². The minimum Gasteiger partial charge on any atom is -0.295 e. The predicted octanol–water partition coefficient (Wildman–Crippen LogP) is 3.10. The van der Waals surface area contributed by atoms with Gasteiger partial charge < -0.3 is 0 Å². The van der Waals surface area contributed by atoms with Crippen LogP contribution in [-0.4, -0.2) is 26.3 Å². The number of H-pyrrole nitrogens is 1. The van der Waals surface area contributed by atoms with Crippen molar-refractivity contribution in [2.24, 2.45) is 0 Å². The van der Waals surface area contributed by atoms with Crippen molar-refractivity contribution in [3.63, 3.8) is 0 Å². The number of aromatic nitrogens is 4. The molecule has 0 unspecified atom stereocenters. The summed E-state index contributed by atoms with van der Waals surface area (Å²) in [4.78, 5) is 12.3. The molecule has 1 amide bonds. The normalized spacial score (nSPS) is 11.2. The first kappa shape index (κ1) is 13.7. The first-order valence-electron chi connectivity index (χ1n) is 6.64. The lowest BCUT2D eigenvalue weighted by Crippen LogP contribution is -2.12. The average Bonchev–Trinajstić information content (AvgIpc) is 3.04. The largest absolute Gasteiger partial charge is 0.295 e. The third kappa shape index (κ3) is 2.64. The minimum atomic E-state index is -0.279. The van der Waals surface area contributed by atoms with Gasteiger partial charge in [-0.05, 0) is 19.1 Å². The van der Waals surface area contributed by atoms with E-state index in [1.807, 2.05) is 39.0 Å². The van der Waals surface area contributed by atoms with Crippen molar-refractivity contribution in [1.82, 2.24) is 20.4 Å². The summed E-state index contributed by atoms with van der Waals surface area (Å²) in [6.45, 7) is 6.06. The zero-order valence-electron chi connectivity index (χ0n) is 12.0. The summed E-state index contributed by atoms with van der Waals surface area (Å²) < 4.78 is 0. The summed E-state index contributed by atoms with van der Waals surface area (Å²) in [5, 5.41) is 19.9. The maximum absolute atomic E-state index is 12.3. The molecule has 0 spiro atoms. The van der Waals surface area contributed by atoms with Gasteiger partial charge in [-0.1, -0.05) is 36.8 Å². The summed E-state index contributed by atoms with van der Waals surface area (Å²) in [6, 6.07) is 5.82. The number of fused-ring (bicyclic) bond motifs is 1. The van der Waals surface area contributed by atoms with Crippen molar-refractivity contribution in [2.75, 3.05) is 5.32 Å². The number of anilines is 1. The van der Waals surface area contributed by atoms with E-state index in [0.29, 0.717) is 16.7 Å². The van der Waals surface area contributed by atoms with E-state index in [1.54, 1.807) is 0 Å². The molecule has 0 radical (unpaired) electrons. The predicted molar refractivity (Wildman–Crippen MR) is 82.8 cm³/mol. The van der Waals surface area contributed by atoms with Crippen molar-refractivity contribution in [3.05, 3.63) is 34.5 Å². The van der Waals surface area contributed by atoms with Gasteiger partial charge in [0.25, 0.3) is 5.91 Å². The fourth-order valence-corrected chi connectivity index (χ4v) is 2.72. The van der Waals surface area contributed by atoms with Crippen LogP contribution in [0.5, 0.6) is 0 Å². The Morgan fingerprint density at radius 2 is 2.14 bits per heavy atom. The number of nitrogens with one attached hydrogen (secondary N) is 2. The van der Waals surface area contributed by atoms with Gasteiger partial charge in [0.15, 0.2) is 5.69 Å². The molecule has 2 aromatic heterocycles. The lowest BCUT2D eigenvalue weighted by Gasteiger charge is -1.99. The highest BCUT2D eigenvalue weighted by atomic mass is 32.1. The molecule has 6 nitrogen and oxygen atoms in total. The van der Waals surface area contributed by atoms with Gasteiger partial charge in [-0.2, -0.15) is 5.10 Å². The van der Waals surface area contributed by atoms with Crippen molar-refractivity contribution in [3.8, 4) is 0 Å². The highest BCUT2D eigenvalue weighted by molar-refractivity contribution is 7.15. The molecule has 2 N–H and O–H groups in total. The summed E-state index contributed by atoms with van der Waals surface area (Å²) in [6.07, 6.45) is 0. The van der Waals surface area contributed by atoms with Gasteiger partial charge >= 0.3 is 0 Å². The number of aromatic amines is 1. The van der Waals surface area contributed by atoms with Gasteiger partial charge in [-0.3, -0.25) is 15.2 Å². The molecule has 0 bridgehead atoms. The lowest BCUT2D eigenvalue weighted by atomic mass is 10.1. The molecule has 7 heteroatoms. The first-order valence-corrected chi connectivity index (χ1v) is 7.45. The van der Waals surface area contributed by atoms with Gasteiger partial charge in [-0.25, -0.2) is 0 Å². The molecule has 108 valence electrons. The minimum absolute atomic E-state index is 0.279. The highest BCUT2D eigenvalue weighted by Crippen LogP contribution is 2.24. The Morgan fingerprint density at radius 3 is 2.86 bits per heavy atom. The third-order valence-electron chi connectivity index (χ3n) is 3.09. The van der Waals surface area contributed by atoms with Crippen LogP contribution in [0.1, 0.15) is 40.8 Å². The van der Waals surface area contributed by atoms with Crippen LogP contribution >= 0.6 is 11.3 Å². The lowest BCUT2D eigenvalue weighted by molar-refractivity contribution is 0.102. The Morgan fingerprint density at radius 1 is 1.33 bits per heavy atom. The van der Waals surface area contributed by atoms with Crippen LogP contribution in [0.4, 0.5) is 5.13 Å². The molecular formula is C14H15N5OS. The second kappa shape index (κ2) is 5.25. The van der Waals surface area contributed by atoms with Gasteiger partial charge in [0.2, 0.25) is 5.13 Å². The standard InChI is InChI=1S/C14H15N5OS/c1-7(2)13-18-19-14(21-13)15-12(20)11-9-6-8(3)4-5-10(9)16-17-11/h4-7H,1-3H3,(H,16,17)(H,15,19,20). The van der Waals surface area contributed by atoms with Crippen molar-refractivity contribution < 1.29 is 4.79 Å². The zero-order valence-corrected chi connectivity index (χ0v) is 12.8. The highest BCUT2D eigenvalue weighted by Gasteiger charge is 2.17. The van der Waals surface area contributed by atoms with Crippen LogP contribution in [0.2, 0.25) is 0 Å². The quantitative estimate of drug-likeness (QED) is 0.778. The van der Waals surface area contributed by atoms with Crippen molar-refractivity contribution in [2.45, 2.75) is 26.7 Å². The number of carbonyl (C=O) groups is 1. The van der Waals surface area contributed by atoms with E-state index in [1.165, 1.54) is 11.3 Å². The van der Waals surface area contributed by atoms with Crippen LogP contribution in [0.25, 0.3) is 10.9 Å². The Labute approximate surface area is 125 Å². The maximum Gasteiger partial charge on any atom is 0.278 e. The molecule has 1 aromatic carbocycles. The number of rotatable bonds is 3.